The van der Waals surface area contributed by atoms with Crippen molar-refractivity contribution < 1.29 is 4.79 Å². The zero-order valence-corrected chi connectivity index (χ0v) is 10.8. The Hall–Kier alpha value is -1.35. The lowest BCUT2D eigenvalue weighted by Crippen LogP contribution is -2.38. The van der Waals surface area contributed by atoms with Crippen molar-refractivity contribution in [2.75, 3.05) is 6.54 Å². The van der Waals surface area contributed by atoms with E-state index < -0.39 is 0 Å². The predicted molar refractivity (Wildman–Crippen MR) is 71.2 cm³/mol. The van der Waals surface area contributed by atoms with Crippen LogP contribution in [0.1, 0.15) is 36.9 Å². The summed E-state index contributed by atoms with van der Waals surface area (Å²) < 4.78 is 0. The standard InChI is InChI=1S/C15H20N2O/c1-10-12(8-9-16-10)15(18)17-14-7-6-11-4-2-3-5-13(11)14/h2-5,10,12,14,16H,6-9H2,1H3,(H,17,18). The number of hydrogen-bond donors (Lipinski definition) is 2. The smallest absolute Gasteiger partial charge is 0.225 e. The van der Waals surface area contributed by atoms with Gasteiger partial charge in [0, 0.05) is 6.04 Å². The molecule has 1 amide bonds. The second-order valence-corrected chi connectivity index (χ2v) is 5.44. The second kappa shape index (κ2) is 4.73. The lowest BCUT2D eigenvalue weighted by Gasteiger charge is -2.19. The van der Waals surface area contributed by atoms with E-state index in [4.69, 9.17) is 0 Å². The van der Waals surface area contributed by atoms with E-state index in [1.165, 1.54) is 11.1 Å². The molecular weight excluding hydrogens is 224 g/mol. The van der Waals surface area contributed by atoms with Gasteiger partial charge in [-0.15, -0.1) is 0 Å². The maximum atomic E-state index is 12.3. The van der Waals surface area contributed by atoms with Gasteiger partial charge in [0.25, 0.3) is 0 Å². The van der Waals surface area contributed by atoms with Crippen LogP contribution in [0.2, 0.25) is 0 Å². The first-order chi connectivity index (χ1) is 8.75. The Morgan fingerprint density at radius 1 is 1.33 bits per heavy atom. The van der Waals surface area contributed by atoms with Crippen LogP contribution in [-0.2, 0) is 11.2 Å². The van der Waals surface area contributed by atoms with Crippen LogP contribution in [0.5, 0.6) is 0 Å². The minimum absolute atomic E-state index is 0.137. The monoisotopic (exact) mass is 244 g/mol. The molecule has 1 aromatic carbocycles. The van der Waals surface area contributed by atoms with Crippen LogP contribution in [0.4, 0.5) is 0 Å². The molecule has 0 aromatic heterocycles. The lowest BCUT2D eigenvalue weighted by atomic mass is 10.00. The van der Waals surface area contributed by atoms with Crippen molar-refractivity contribution in [2.45, 2.75) is 38.3 Å². The Morgan fingerprint density at radius 2 is 2.17 bits per heavy atom. The molecule has 0 radical (unpaired) electrons. The normalized spacial score (nSPS) is 30.2. The molecule has 3 rings (SSSR count). The highest BCUT2D eigenvalue weighted by Gasteiger charge is 2.32. The second-order valence-electron chi connectivity index (χ2n) is 5.44. The number of fused-ring (bicyclic) bond motifs is 1. The largest absolute Gasteiger partial charge is 0.349 e. The summed E-state index contributed by atoms with van der Waals surface area (Å²) in [5.41, 5.74) is 2.70. The average Bonchev–Trinajstić information content (AvgIpc) is 2.97. The van der Waals surface area contributed by atoms with Crippen molar-refractivity contribution in [2.24, 2.45) is 5.92 Å². The Balaban J connectivity index is 1.69. The molecule has 1 fully saturated rings. The first-order valence-electron chi connectivity index (χ1n) is 6.87. The molecule has 18 heavy (non-hydrogen) atoms. The summed E-state index contributed by atoms with van der Waals surface area (Å²) in [5, 5.41) is 6.56. The molecule has 0 spiro atoms. The van der Waals surface area contributed by atoms with Crippen molar-refractivity contribution >= 4 is 5.91 Å². The fraction of sp³-hybridized carbons (Fsp3) is 0.533. The first-order valence-corrected chi connectivity index (χ1v) is 6.87. The van der Waals surface area contributed by atoms with Crippen molar-refractivity contribution in [3.05, 3.63) is 35.4 Å². The number of carbonyl (C=O) groups excluding carboxylic acids is 1. The summed E-state index contributed by atoms with van der Waals surface area (Å²) >= 11 is 0. The summed E-state index contributed by atoms with van der Waals surface area (Å²) in [6.07, 6.45) is 3.08. The third kappa shape index (κ3) is 2.03. The molecule has 2 aliphatic rings. The van der Waals surface area contributed by atoms with Gasteiger partial charge in [-0.1, -0.05) is 24.3 Å². The van der Waals surface area contributed by atoms with Gasteiger partial charge in [-0.25, -0.2) is 0 Å². The first kappa shape index (κ1) is 11.7. The highest BCUT2D eigenvalue weighted by atomic mass is 16.2. The molecule has 1 heterocycles. The summed E-state index contributed by atoms with van der Waals surface area (Å²) in [6.45, 7) is 3.06. The highest BCUT2D eigenvalue weighted by Crippen LogP contribution is 2.31. The number of benzene rings is 1. The van der Waals surface area contributed by atoms with Gasteiger partial charge < -0.3 is 10.6 Å². The summed E-state index contributed by atoms with van der Waals surface area (Å²) in [5.74, 6) is 0.354. The van der Waals surface area contributed by atoms with Crippen molar-refractivity contribution in [1.29, 1.82) is 0 Å². The van der Waals surface area contributed by atoms with Gasteiger partial charge >= 0.3 is 0 Å². The molecule has 1 aliphatic heterocycles. The topological polar surface area (TPSA) is 41.1 Å². The quantitative estimate of drug-likeness (QED) is 0.832. The van der Waals surface area contributed by atoms with Crippen molar-refractivity contribution in [3.63, 3.8) is 0 Å². The van der Waals surface area contributed by atoms with E-state index in [0.717, 1.165) is 25.8 Å². The predicted octanol–water partition coefficient (Wildman–Crippen LogP) is 1.79. The summed E-state index contributed by atoms with van der Waals surface area (Å²) in [4.78, 5) is 12.3. The molecule has 3 nitrogen and oxygen atoms in total. The maximum Gasteiger partial charge on any atom is 0.225 e. The Morgan fingerprint density at radius 3 is 2.94 bits per heavy atom. The minimum Gasteiger partial charge on any atom is -0.349 e. The van der Waals surface area contributed by atoms with Gasteiger partial charge in [0.05, 0.1) is 12.0 Å². The van der Waals surface area contributed by atoms with E-state index in [2.05, 4.69) is 41.8 Å². The minimum atomic E-state index is 0.137. The number of aryl methyl sites for hydroxylation is 1. The van der Waals surface area contributed by atoms with Crippen LogP contribution in [0.25, 0.3) is 0 Å². The molecule has 3 heteroatoms. The van der Waals surface area contributed by atoms with Gasteiger partial charge in [-0.3, -0.25) is 4.79 Å². The molecule has 96 valence electrons. The maximum absolute atomic E-state index is 12.3. The van der Waals surface area contributed by atoms with Gasteiger partial charge in [-0.05, 0) is 43.9 Å². The van der Waals surface area contributed by atoms with E-state index in [9.17, 15) is 4.79 Å². The number of amides is 1. The third-order valence-electron chi connectivity index (χ3n) is 4.31. The molecule has 1 saturated heterocycles. The van der Waals surface area contributed by atoms with Crippen LogP contribution in [0.3, 0.4) is 0 Å². The third-order valence-corrected chi connectivity index (χ3v) is 4.31. The van der Waals surface area contributed by atoms with E-state index in [-0.39, 0.29) is 17.9 Å². The van der Waals surface area contributed by atoms with Crippen LogP contribution in [0.15, 0.2) is 24.3 Å². The van der Waals surface area contributed by atoms with Crippen LogP contribution in [-0.4, -0.2) is 18.5 Å². The van der Waals surface area contributed by atoms with E-state index in [0.29, 0.717) is 6.04 Å². The molecule has 3 unspecified atom stereocenters. The molecule has 0 bridgehead atoms. The van der Waals surface area contributed by atoms with Crippen LogP contribution in [0, 0.1) is 5.92 Å². The average molecular weight is 244 g/mol. The zero-order chi connectivity index (χ0) is 12.5. The molecule has 1 aliphatic carbocycles. The number of rotatable bonds is 2. The number of hydrogen-bond acceptors (Lipinski definition) is 2. The lowest BCUT2D eigenvalue weighted by molar-refractivity contribution is -0.125. The molecule has 3 atom stereocenters. The summed E-state index contributed by atoms with van der Waals surface area (Å²) in [6, 6.07) is 8.98. The van der Waals surface area contributed by atoms with E-state index >= 15 is 0 Å². The fourth-order valence-electron chi connectivity index (χ4n) is 3.20. The van der Waals surface area contributed by atoms with Gasteiger partial charge in [0.15, 0.2) is 0 Å². The zero-order valence-electron chi connectivity index (χ0n) is 10.8. The number of nitrogens with one attached hydrogen (secondary N) is 2. The van der Waals surface area contributed by atoms with Gasteiger partial charge in [0.1, 0.15) is 0 Å². The fourth-order valence-corrected chi connectivity index (χ4v) is 3.20. The van der Waals surface area contributed by atoms with Gasteiger partial charge in [0.2, 0.25) is 5.91 Å². The molecule has 0 saturated carbocycles. The molecule has 1 aromatic rings. The van der Waals surface area contributed by atoms with Gasteiger partial charge in [-0.2, -0.15) is 0 Å². The van der Waals surface area contributed by atoms with Crippen LogP contribution >= 0.6 is 0 Å². The SMILES string of the molecule is CC1NCCC1C(=O)NC1CCc2ccccc21. The molecular formula is C15H20N2O. The Bertz CT molecular complexity index is 458. The number of carbonyl (C=O) groups is 1. The Kier molecular flexibility index (Phi) is 3.08. The summed E-state index contributed by atoms with van der Waals surface area (Å²) in [7, 11) is 0. The molecule has 2 N–H and O–H groups in total. The van der Waals surface area contributed by atoms with E-state index in [1.807, 2.05) is 0 Å². The van der Waals surface area contributed by atoms with E-state index in [1.54, 1.807) is 0 Å². The van der Waals surface area contributed by atoms with Crippen molar-refractivity contribution in [1.82, 2.24) is 10.6 Å². The van der Waals surface area contributed by atoms with Crippen molar-refractivity contribution in [3.8, 4) is 0 Å². The Labute approximate surface area is 108 Å². The van der Waals surface area contributed by atoms with Crippen LogP contribution < -0.4 is 10.6 Å². The highest BCUT2D eigenvalue weighted by molar-refractivity contribution is 5.80.